The van der Waals surface area contributed by atoms with Gasteiger partial charge < -0.3 is 5.73 Å². The van der Waals surface area contributed by atoms with Crippen LogP contribution in [-0.4, -0.2) is 6.54 Å². The molecule has 28 valence electrons. The third-order valence-corrected chi connectivity index (χ3v) is 0.262. The van der Waals surface area contributed by atoms with Crippen LogP contribution in [0.3, 0.4) is 0 Å². The van der Waals surface area contributed by atoms with E-state index in [1.165, 1.54) is 0 Å². The zero-order chi connectivity index (χ0) is 4.12. The summed E-state index contributed by atoms with van der Waals surface area (Å²) in [7, 11) is 0. The van der Waals surface area contributed by atoms with Crippen molar-refractivity contribution in [2.45, 2.75) is 0 Å². The van der Waals surface area contributed by atoms with Gasteiger partial charge in [-0.05, 0) is 6.08 Å². The summed E-state index contributed by atoms with van der Waals surface area (Å²) in [6.07, 6.45) is 1.67. The highest BCUT2D eigenvalue weighted by molar-refractivity contribution is 4.75. The Labute approximate surface area is 31.8 Å². The maximum atomic E-state index is 4.98. The first-order chi connectivity index (χ1) is 2.41. The van der Waals surface area contributed by atoms with E-state index in [0.29, 0.717) is 6.54 Å². The summed E-state index contributed by atoms with van der Waals surface area (Å²) in [5.41, 5.74) is 7.50. The molecule has 0 aliphatic heterocycles. The zero-order valence-corrected chi connectivity index (χ0v) is 3.07. The largest absolute Gasteiger partial charge is 0.326 e. The van der Waals surface area contributed by atoms with Gasteiger partial charge in [0.05, 0.1) is 0 Å². The molecular weight excluding hydrogens is 62.1 g/mol. The van der Waals surface area contributed by atoms with E-state index in [2.05, 4.69) is 12.3 Å². The van der Waals surface area contributed by atoms with Gasteiger partial charge in [0.2, 0.25) is 0 Å². The van der Waals surface area contributed by atoms with Crippen LogP contribution >= 0.6 is 0 Å². The molecule has 0 unspecified atom stereocenters. The summed E-state index contributed by atoms with van der Waals surface area (Å²) in [4.78, 5) is 0. The number of nitrogens with two attached hydrogens (primary N) is 1. The molecule has 2 N–H and O–H groups in total. The van der Waals surface area contributed by atoms with Gasteiger partial charge in [0.15, 0.2) is 0 Å². The summed E-state index contributed by atoms with van der Waals surface area (Å²) in [6, 6.07) is 0. The van der Waals surface area contributed by atoms with Gasteiger partial charge in [-0.25, -0.2) is 0 Å². The Morgan fingerprint density at radius 2 is 2.60 bits per heavy atom. The van der Waals surface area contributed by atoms with Gasteiger partial charge in [-0.3, -0.25) is 0 Å². The summed E-state index contributed by atoms with van der Waals surface area (Å²) < 4.78 is 0. The lowest BCUT2D eigenvalue weighted by molar-refractivity contribution is 1.26. The fourth-order valence-electron chi connectivity index (χ4n) is 0.0833. The molecule has 1 nitrogen and oxygen atoms in total. The molecule has 0 fully saturated rings. The third kappa shape index (κ3) is 3.48. The van der Waals surface area contributed by atoms with Crippen molar-refractivity contribution in [1.82, 2.24) is 0 Å². The van der Waals surface area contributed by atoms with Gasteiger partial charge in [-0.15, -0.1) is 5.73 Å². The topological polar surface area (TPSA) is 26.0 Å². The van der Waals surface area contributed by atoms with Crippen LogP contribution < -0.4 is 5.73 Å². The molecule has 0 saturated carbocycles. The molecule has 0 rings (SSSR count). The highest BCUT2D eigenvalue weighted by atomic mass is 14.5. The van der Waals surface area contributed by atoms with E-state index in [1.807, 2.05) is 0 Å². The number of rotatable bonds is 1. The molecule has 0 aromatic heterocycles. The van der Waals surface area contributed by atoms with Crippen LogP contribution in [0.4, 0.5) is 0 Å². The standard InChI is InChI=1S/C4H7N/c1-2-3-4-5/h3H,1,4-5H2. The summed E-state index contributed by atoms with van der Waals surface area (Å²) in [5.74, 6) is 0. The average Bonchev–Trinajstić information content (AvgIpc) is 1.41. The quantitative estimate of drug-likeness (QED) is 0.440. The van der Waals surface area contributed by atoms with Crippen LogP contribution in [0.15, 0.2) is 18.4 Å². The van der Waals surface area contributed by atoms with Crippen molar-refractivity contribution in [3.8, 4) is 0 Å². The molecule has 0 aromatic carbocycles. The van der Waals surface area contributed by atoms with Crippen molar-refractivity contribution in [2.24, 2.45) is 5.73 Å². The smallest absolute Gasteiger partial charge is 0.0182 e. The molecule has 0 aromatic rings. The van der Waals surface area contributed by atoms with Crippen LogP contribution in [0.2, 0.25) is 0 Å². The molecule has 0 heterocycles. The predicted molar refractivity (Wildman–Crippen MR) is 22.8 cm³/mol. The zero-order valence-electron chi connectivity index (χ0n) is 3.07. The Hall–Kier alpha value is -0.520. The molecule has 5 heavy (non-hydrogen) atoms. The Bertz CT molecular complexity index is 50.7. The van der Waals surface area contributed by atoms with Crippen LogP contribution in [0, 0.1) is 0 Å². The molecule has 1 heteroatoms. The first-order valence-corrected chi connectivity index (χ1v) is 1.46. The molecule has 0 radical (unpaired) electrons. The third-order valence-electron chi connectivity index (χ3n) is 0.262. The van der Waals surface area contributed by atoms with E-state index < -0.39 is 0 Å². The van der Waals surface area contributed by atoms with Gasteiger partial charge in [0, 0.05) is 6.54 Å². The minimum atomic E-state index is 0.545. The van der Waals surface area contributed by atoms with Crippen molar-refractivity contribution < 1.29 is 0 Å². The van der Waals surface area contributed by atoms with Crippen molar-refractivity contribution in [1.29, 1.82) is 0 Å². The lowest BCUT2D eigenvalue weighted by atomic mass is 10.6. The Morgan fingerprint density at radius 3 is 2.60 bits per heavy atom. The van der Waals surface area contributed by atoms with E-state index in [-0.39, 0.29) is 0 Å². The molecule has 0 atom stereocenters. The van der Waals surface area contributed by atoms with E-state index >= 15 is 0 Å². The number of hydrogen-bond donors (Lipinski definition) is 1. The maximum Gasteiger partial charge on any atom is 0.0182 e. The molecule has 0 amide bonds. The second-order valence-corrected chi connectivity index (χ2v) is 0.644. The molecule has 0 saturated heterocycles. The first-order valence-electron chi connectivity index (χ1n) is 1.46. The van der Waals surface area contributed by atoms with E-state index in [9.17, 15) is 0 Å². The van der Waals surface area contributed by atoms with E-state index in [1.54, 1.807) is 6.08 Å². The van der Waals surface area contributed by atoms with Crippen molar-refractivity contribution >= 4 is 0 Å². The fourth-order valence-corrected chi connectivity index (χ4v) is 0.0833. The Morgan fingerprint density at radius 1 is 2.00 bits per heavy atom. The Balaban J connectivity index is 2.93. The van der Waals surface area contributed by atoms with E-state index in [4.69, 9.17) is 5.73 Å². The normalized spacial score (nSPS) is 5.80. The second-order valence-electron chi connectivity index (χ2n) is 0.644. The van der Waals surface area contributed by atoms with Crippen molar-refractivity contribution in [2.75, 3.05) is 6.54 Å². The van der Waals surface area contributed by atoms with Crippen LogP contribution in [0.5, 0.6) is 0 Å². The van der Waals surface area contributed by atoms with E-state index in [0.717, 1.165) is 0 Å². The molecule has 0 aliphatic carbocycles. The average molecular weight is 69.1 g/mol. The maximum absolute atomic E-state index is 4.98. The highest BCUT2D eigenvalue weighted by Crippen LogP contribution is 1.47. The van der Waals surface area contributed by atoms with Gasteiger partial charge in [-0.1, -0.05) is 6.58 Å². The SMILES string of the molecule is C=C=CCN. The monoisotopic (exact) mass is 69.1 g/mol. The molecule has 0 aliphatic rings. The molecule has 0 bridgehead atoms. The van der Waals surface area contributed by atoms with Crippen molar-refractivity contribution in [3.63, 3.8) is 0 Å². The summed E-state index contributed by atoms with van der Waals surface area (Å²) >= 11 is 0. The lowest BCUT2D eigenvalue weighted by Crippen LogP contribution is -1.90. The van der Waals surface area contributed by atoms with Gasteiger partial charge >= 0.3 is 0 Å². The van der Waals surface area contributed by atoms with Crippen LogP contribution in [0.25, 0.3) is 0 Å². The first kappa shape index (κ1) is 4.48. The predicted octanol–water partition coefficient (Wildman–Crippen LogP) is 0.286. The minimum absolute atomic E-state index is 0.545. The summed E-state index contributed by atoms with van der Waals surface area (Å²) in [6.45, 7) is 3.84. The van der Waals surface area contributed by atoms with Gasteiger partial charge in [-0.2, -0.15) is 0 Å². The lowest BCUT2D eigenvalue weighted by Gasteiger charge is -1.62. The minimum Gasteiger partial charge on any atom is -0.326 e. The molecule has 0 spiro atoms. The molecular formula is C4H7N. The Kier molecular flexibility index (Phi) is 3.12. The number of hydrogen-bond acceptors (Lipinski definition) is 1. The van der Waals surface area contributed by atoms with Gasteiger partial charge in [0.25, 0.3) is 0 Å². The highest BCUT2D eigenvalue weighted by Gasteiger charge is 1.47. The fraction of sp³-hybridized carbons (Fsp3) is 0.250. The van der Waals surface area contributed by atoms with Crippen molar-refractivity contribution in [3.05, 3.63) is 18.4 Å². The van der Waals surface area contributed by atoms with Crippen LogP contribution in [0.1, 0.15) is 0 Å². The summed E-state index contributed by atoms with van der Waals surface area (Å²) in [5, 5.41) is 0. The van der Waals surface area contributed by atoms with Gasteiger partial charge in [0.1, 0.15) is 0 Å². The second kappa shape index (κ2) is 3.48. The van der Waals surface area contributed by atoms with Crippen LogP contribution in [-0.2, 0) is 0 Å².